The Morgan fingerprint density at radius 3 is 1.19 bits per heavy atom. The molecule has 0 aromatic heterocycles. The smallest absolute Gasteiger partial charge is 0.215 e. The molecule has 0 spiro atoms. The average Bonchev–Trinajstić information content (AvgIpc) is 2.97. The molecule has 5 rings (SSSR count). The fraction of sp³-hybridized carbons (Fsp3) is 0.0303. The van der Waals surface area contributed by atoms with Crippen LogP contribution in [0.25, 0.3) is 0 Å². The second kappa shape index (κ2) is 10.7. The lowest BCUT2D eigenvalue weighted by Gasteiger charge is -2.33. The predicted octanol–water partition coefficient (Wildman–Crippen LogP) is 7.28. The Kier molecular flexibility index (Phi) is 6.81. The van der Waals surface area contributed by atoms with Gasteiger partial charge in [0.05, 0.1) is 0 Å². The highest BCUT2D eigenvalue weighted by atomic mass is 16.7. The number of nitrogens with zero attached hydrogens (tertiary/aromatic N) is 1. The first kappa shape index (κ1) is 23.0. The predicted molar refractivity (Wildman–Crippen MR) is 144 cm³/mol. The number of carbonyl (C=O) groups is 1. The van der Waals surface area contributed by atoms with E-state index in [1.807, 2.05) is 140 Å². The monoisotopic (exact) mass is 467 g/mol. The maximum Gasteiger partial charge on any atom is 0.215 e. The second-order valence-corrected chi connectivity index (χ2v) is 8.37. The third kappa shape index (κ3) is 4.59. The SMILES string of the molecule is O=C(/C(=N\OC(c1ccccc1)(c1ccccc1)c1ccccc1)c1ccccc1)c1ccccc1. The van der Waals surface area contributed by atoms with E-state index in [-0.39, 0.29) is 11.5 Å². The van der Waals surface area contributed by atoms with Crippen LogP contribution in [0.5, 0.6) is 0 Å². The zero-order valence-electron chi connectivity index (χ0n) is 19.7. The van der Waals surface area contributed by atoms with Crippen molar-refractivity contribution in [3.05, 3.63) is 179 Å². The Morgan fingerprint density at radius 2 is 0.806 bits per heavy atom. The fourth-order valence-corrected chi connectivity index (χ4v) is 4.34. The first-order valence-electron chi connectivity index (χ1n) is 11.9. The number of hydrogen-bond acceptors (Lipinski definition) is 3. The van der Waals surface area contributed by atoms with Crippen LogP contribution >= 0.6 is 0 Å². The van der Waals surface area contributed by atoms with Crippen LogP contribution in [0.1, 0.15) is 32.6 Å². The van der Waals surface area contributed by atoms with Crippen molar-refractivity contribution in [3.8, 4) is 0 Å². The van der Waals surface area contributed by atoms with Crippen LogP contribution in [-0.4, -0.2) is 11.5 Å². The summed E-state index contributed by atoms with van der Waals surface area (Å²) in [6.45, 7) is 0. The van der Waals surface area contributed by atoms with E-state index in [0.717, 1.165) is 16.7 Å². The molecule has 0 saturated carbocycles. The normalized spacial score (nSPS) is 11.6. The van der Waals surface area contributed by atoms with Gasteiger partial charge in [-0.3, -0.25) is 4.79 Å². The Bertz CT molecular complexity index is 1340. The standard InChI is InChI=1S/C33H25NO2/c35-32(27-18-8-2-9-19-27)31(26-16-6-1-7-17-26)34-36-33(28-20-10-3-11-21-28,29-22-12-4-13-23-29)30-24-14-5-15-25-30/h1-25H/b34-31-. The summed E-state index contributed by atoms with van der Waals surface area (Å²) in [6, 6.07) is 48.6. The quantitative estimate of drug-likeness (QED) is 0.104. The lowest BCUT2D eigenvalue weighted by Crippen LogP contribution is -2.32. The minimum absolute atomic E-state index is 0.204. The molecule has 0 atom stereocenters. The molecule has 5 aromatic carbocycles. The van der Waals surface area contributed by atoms with Crippen molar-refractivity contribution in [3.63, 3.8) is 0 Å². The van der Waals surface area contributed by atoms with Crippen LogP contribution < -0.4 is 0 Å². The molecule has 5 aromatic rings. The van der Waals surface area contributed by atoms with Gasteiger partial charge in [-0.15, -0.1) is 0 Å². The molecule has 3 heteroatoms. The van der Waals surface area contributed by atoms with Crippen LogP contribution in [0.4, 0.5) is 0 Å². The zero-order chi connectivity index (χ0) is 24.6. The van der Waals surface area contributed by atoms with E-state index in [0.29, 0.717) is 11.1 Å². The van der Waals surface area contributed by atoms with Crippen LogP contribution in [0.3, 0.4) is 0 Å². The summed E-state index contributed by atoms with van der Waals surface area (Å²) in [6.07, 6.45) is 0. The van der Waals surface area contributed by atoms with E-state index in [1.165, 1.54) is 0 Å². The van der Waals surface area contributed by atoms with Gasteiger partial charge in [-0.05, 0) is 0 Å². The largest absolute Gasteiger partial charge is 0.374 e. The van der Waals surface area contributed by atoms with Gasteiger partial charge >= 0.3 is 0 Å². The number of ketones is 1. The van der Waals surface area contributed by atoms with Gasteiger partial charge in [0.15, 0.2) is 5.71 Å². The molecule has 0 aliphatic heterocycles. The Labute approximate surface area is 211 Å². The second-order valence-electron chi connectivity index (χ2n) is 8.37. The van der Waals surface area contributed by atoms with Gasteiger partial charge in [-0.2, -0.15) is 0 Å². The summed E-state index contributed by atoms with van der Waals surface area (Å²) in [7, 11) is 0. The average molecular weight is 468 g/mol. The Balaban J connectivity index is 1.73. The summed E-state index contributed by atoms with van der Waals surface area (Å²) in [5, 5.41) is 4.64. The fourth-order valence-electron chi connectivity index (χ4n) is 4.34. The van der Waals surface area contributed by atoms with E-state index < -0.39 is 5.60 Å². The van der Waals surface area contributed by atoms with Crippen molar-refractivity contribution in [1.82, 2.24) is 0 Å². The maximum atomic E-state index is 13.7. The molecule has 3 nitrogen and oxygen atoms in total. The lowest BCUT2D eigenvalue weighted by molar-refractivity contribution is 0.0171. The number of carbonyl (C=O) groups excluding carboxylic acids is 1. The topological polar surface area (TPSA) is 38.7 Å². The highest BCUT2D eigenvalue weighted by molar-refractivity contribution is 6.51. The Hall–Kier alpha value is -4.76. The number of oxime groups is 1. The van der Waals surface area contributed by atoms with Crippen molar-refractivity contribution in [1.29, 1.82) is 0 Å². The van der Waals surface area contributed by atoms with E-state index >= 15 is 0 Å². The molecule has 0 amide bonds. The molecule has 0 fully saturated rings. The van der Waals surface area contributed by atoms with Crippen LogP contribution in [-0.2, 0) is 10.4 Å². The minimum Gasteiger partial charge on any atom is -0.374 e. The van der Waals surface area contributed by atoms with Gasteiger partial charge < -0.3 is 4.84 Å². The Morgan fingerprint density at radius 1 is 0.472 bits per heavy atom. The molecular formula is C33H25NO2. The summed E-state index contributed by atoms with van der Waals surface area (Å²) in [4.78, 5) is 20.3. The van der Waals surface area contributed by atoms with Crippen molar-refractivity contribution in [2.45, 2.75) is 5.60 Å². The van der Waals surface area contributed by atoms with Gasteiger partial charge in [-0.1, -0.05) is 157 Å². The number of benzene rings is 5. The van der Waals surface area contributed by atoms with Gasteiger partial charge in [-0.25, -0.2) is 0 Å². The van der Waals surface area contributed by atoms with Crippen LogP contribution in [0, 0.1) is 0 Å². The molecule has 0 unspecified atom stereocenters. The highest BCUT2D eigenvalue weighted by Crippen LogP contribution is 2.40. The third-order valence-corrected chi connectivity index (χ3v) is 6.11. The summed E-state index contributed by atoms with van der Waals surface area (Å²) in [5.41, 5.74) is 3.14. The number of Topliss-reactive ketones (excluding diaryl/α,β-unsaturated/α-hetero) is 1. The van der Waals surface area contributed by atoms with E-state index in [9.17, 15) is 4.79 Å². The molecule has 0 radical (unpaired) electrons. The molecule has 0 saturated heterocycles. The van der Waals surface area contributed by atoms with Crippen molar-refractivity contribution >= 4 is 11.5 Å². The van der Waals surface area contributed by atoms with E-state index in [4.69, 9.17) is 4.84 Å². The van der Waals surface area contributed by atoms with Crippen molar-refractivity contribution in [2.75, 3.05) is 0 Å². The number of rotatable bonds is 8. The molecule has 36 heavy (non-hydrogen) atoms. The molecule has 0 bridgehead atoms. The summed E-state index contributed by atoms with van der Waals surface area (Å²) >= 11 is 0. The molecule has 0 heterocycles. The first-order chi connectivity index (χ1) is 17.8. The number of hydrogen-bond donors (Lipinski definition) is 0. The molecular weight excluding hydrogens is 442 g/mol. The van der Waals surface area contributed by atoms with Crippen molar-refractivity contribution in [2.24, 2.45) is 5.16 Å². The van der Waals surface area contributed by atoms with Crippen molar-refractivity contribution < 1.29 is 9.63 Å². The molecule has 0 aliphatic carbocycles. The van der Waals surface area contributed by atoms with E-state index in [1.54, 1.807) is 12.1 Å². The highest BCUT2D eigenvalue weighted by Gasteiger charge is 2.40. The van der Waals surface area contributed by atoms with Crippen LogP contribution in [0.15, 0.2) is 157 Å². The van der Waals surface area contributed by atoms with Gasteiger partial charge in [0.25, 0.3) is 0 Å². The molecule has 174 valence electrons. The molecule has 0 N–H and O–H groups in total. The first-order valence-corrected chi connectivity index (χ1v) is 11.9. The minimum atomic E-state index is -1.07. The van der Waals surface area contributed by atoms with Crippen LogP contribution in [0.2, 0.25) is 0 Å². The van der Waals surface area contributed by atoms with Gasteiger partial charge in [0.1, 0.15) is 0 Å². The summed E-state index contributed by atoms with van der Waals surface area (Å²) in [5.74, 6) is -0.204. The van der Waals surface area contributed by atoms with Gasteiger partial charge in [0.2, 0.25) is 11.4 Å². The van der Waals surface area contributed by atoms with E-state index in [2.05, 4.69) is 5.16 Å². The summed E-state index contributed by atoms with van der Waals surface area (Å²) < 4.78 is 0. The lowest BCUT2D eigenvalue weighted by atomic mass is 9.80. The zero-order valence-corrected chi connectivity index (χ0v) is 19.7. The van der Waals surface area contributed by atoms with Gasteiger partial charge in [0, 0.05) is 27.8 Å². The maximum absolute atomic E-state index is 13.7. The molecule has 0 aliphatic rings. The third-order valence-electron chi connectivity index (χ3n) is 6.11.